The van der Waals surface area contributed by atoms with Crippen LogP contribution in [0, 0.1) is 0 Å². The molecular formula is C17H27FO2. The lowest BCUT2D eigenvalue weighted by molar-refractivity contribution is -0.140. The number of ether oxygens (including phenoxy) is 1. The van der Waals surface area contributed by atoms with Crippen molar-refractivity contribution in [3.05, 3.63) is 36.7 Å². The Morgan fingerprint density at radius 1 is 1.05 bits per heavy atom. The number of hydrogen-bond acceptors (Lipinski definition) is 2. The topological polar surface area (TPSA) is 26.3 Å². The van der Waals surface area contributed by atoms with Gasteiger partial charge in [0.2, 0.25) is 5.83 Å². The number of unbranched alkanes of at least 4 members (excludes halogenated alkanes) is 6. The first-order valence-corrected chi connectivity index (χ1v) is 7.46. The number of halogens is 1. The van der Waals surface area contributed by atoms with Crippen LogP contribution in [-0.4, -0.2) is 12.6 Å². The number of rotatable bonds is 12. The molecule has 0 radical (unpaired) electrons. The van der Waals surface area contributed by atoms with Crippen molar-refractivity contribution in [3.8, 4) is 0 Å². The standard InChI is InChI=1S/C17H27FO2/c1-3-4-5-6-7-8-9-10-11-12-13-14-15-20-17(19)16(2)18/h3-4,6-7H,2,5,8-15H2,1H3/b4-3+,7-6-. The first-order valence-electron chi connectivity index (χ1n) is 7.46. The minimum absolute atomic E-state index is 0.287. The molecule has 0 aliphatic rings. The molecule has 0 heterocycles. The zero-order chi connectivity index (χ0) is 15.1. The van der Waals surface area contributed by atoms with E-state index in [-0.39, 0.29) is 6.61 Å². The van der Waals surface area contributed by atoms with Crippen molar-refractivity contribution in [1.29, 1.82) is 0 Å². The van der Waals surface area contributed by atoms with E-state index in [2.05, 4.69) is 35.6 Å². The maximum atomic E-state index is 12.3. The van der Waals surface area contributed by atoms with Gasteiger partial charge in [0.25, 0.3) is 0 Å². The molecule has 0 saturated heterocycles. The summed E-state index contributed by atoms with van der Waals surface area (Å²) in [5, 5.41) is 0. The van der Waals surface area contributed by atoms with E-state index >= 15 is 0 Å². The van der Waals surface area contributed by atoms with E-state index in [1.807, 2.05) is 6.92 Å². The van der Waals surface area contributed by atoms with Gasteiger partial charge in [-0.2, -0.15) is 4.39 Å². The normalized spacial score (nSPS) is 11.3. The molecule has 114 valence electrons. The third-order valence-electron chi connectivity index (χ3n) is 2.89. The van der Waals surface area contributed by atoms with E-state index in [0.29, 0.717) is 0 Å². The summed E-state index contributed by atoms with van der Waals surface area (Å²) >= 11 is 0. The summed E-state index contributed by atoms with van der Waals surface area (Å²) in [5.74, 6) is -1.96. The molecule has 0 aliphatic carbocycles. The highest BCUT2D eigenvalue weighted by Crippen LogP contribution is 2.08. The summed E-state index contributed by atoms with van der Waals surface area (Å²) in [6.45, 7) is 5.20. The molecule has 2 nitrogen and oxygen atoms in total. The average Bonchev–Trinajstić information content (AvgIpc) is 2.43. The molecule has 0 aliphatic heterocycles. The lowest BCUT2D eigenvalue weighted by Gasteiger charge is -2.03. The molecule has 0 aromatic carbocycles. The fourth-order valence-corrected chi connectivity index (χ4v) is 1.74. The van der Waals surface area contributed by atoms with Gasteiger partial charge in [0.05, 0.1) is 6.61 Å². The average molecular weight is 282 g/mol. The van der Waals surface area contributed by atoms with Crippen LogP contribution < -0.4 is 0 Å². The highest BCUT2D eigenvalue weighted by atomic mass is 19.1. The van der Waals surface area contributed by atoms with Crippen LogP contribution in [0.1, 0.15) is 58.3 Å². The van der Waals surface area contributed by atoms with Crippen LogP contribution >= 0.6 is 0 Å². The molecule has 0 atom stereocenters. The van der Waals surface area contributed by atoms with Crippen molar-refractivity contribution < 1.29 is 13.9 Å². The molecule has 0 saturated carbocycles. The van der Waals surface area contributed by atoms with Crippen molar-refractivity contribution in [2.45, 2.75) is 58.3 Å². The van der Waals surface area contributed by atoms with Gasteiger partial charge in [-0.15, -0.1) is 0 Å². The highest BCUT2D eigenvalue weighted by molar-refractivity contribution is 5.85. The zero-order valence-electron chi connectivity index (χ0n) is 12.6. The summed E-state index contributed by atoms with van der Waals surface area (Å²) in [7, 11) is 0. The molecule has 0 aromatic rings. The van der Waals surface area contributed by atoms with E-state index < -0.39 is 11.8 Å². The van der Waals surface area contributed by atoms with Gasteiger partial charge < -0.3 is 4.74 Å². The first-order chi connectivity index (χ1) is 9.68. The Hall–Kier alpha value is -1.38. The zero-order valence-corrected chi connectivity index (χ0v) is 12.6. The second kappa shape index (κ2) is 14.0. The third kappa shape index (κ3) is 13.1. The molecule has 0 rings (SSSR count). The van der Waals surface area contributed by atoms with Gasteiger partial charge in [-0.25, -0.2) is 4.79 Å². The van der Waals surface area contributed by atoms with E-state index in [1.54, 1.807) is 0 Å². The summed E-state index contributed by atoms with van der Waals surface area (Å²) < 4.78 is 16.9. The first kappa shape index (κ1) is 18.6. The molecule has 0 N–H and O–H groups in total. The second-order valence-corrected chi connectivity index (χ2v) is 4.73. The Balaban J connectivity index is 3.19. The predicted molar refractivity (Wildman–Crippen MR) is 82.1 cm³/mol. The molecule has 3 heteroatoms. The van der Waals surface area contributed by atoms with Crippen LogP contribution in [0.3, 0.4) is 0 Å². The minimum atomic E-state index is -1.02. The van der Waals surface area contributed by atoms with Crippen molar-refractivity contribution in [1.82, 2.24) is 0 Å². The number of allylic oxidation sites excluding steroid dienone is 4. The third-order valence-corrected chi connectivity index (χ3v) is 2.89. The number of carbonyl (C=O) groups excluding carboxylic acids is 1. The minimum Gasteiger partial charge on any atom is -0.460 e. The van der Waals surface area contributed by atoms with Crippen LogP contribution in [0.25, 0.3) is 0 Å². The van der Waals surface area contributed by atoms with Gasteiger partial charge >= 0.3 is 5.97 Å². The van der Waals surface area contributed by atoms with Crippen LogP contribution in [0.4, 0.5) is 4.39 Å². The largest absolute Gasteiger partial charge is 0.460 e. The van der Waals surface area contributed by atoms with Gasteiger partial charge in [-0.1, -0.05) is 56.6 Å². The van der Waals surface area contributed by atoms with Gasteiger partial charge in [-0.3, -0.25) is 0 Å². The van der Waals surface area contributed by atoms with Crippen molar-refractivity contribution >= 4 is 5.97 Å². The maximum Gasteiger partial charge on any atom is 0.366 e. The van der Waals surface area contributed by atoms with Crippen LogP contribution in [-0.2, 0) is 9.53 Å². The SMILES string of the molecule is C=C(F)C(=O)OCCCCCCCC/C=C\C/C=C/C. The smallest absolute Gasteiger partial charge is 0.366 e. The van der Waals surface area contributed by atoms with E-state index in [4.69, 9.17) is 0 Å². The monoisotopic (exact) mass is 282 g/mol. The predicted octanol–water partition coefficient (Wildman–Crippen LogP) is 5.27. The Kier molecular flexibility index (Phi) is 13.1. The van der Waals surface area contributed by atoms with Crippen LogP contribution in [0.5, 0.6) is 0 Å². The molecule has 0 fully saturated rings. The quantitative estimate of drug-likeness (QED) is 0.211. The lowest BCUT2D eigenvalue weighted by Crippen LogP contribution is -2.05. The Bertz CT molecular complexity index is 319. The molecule has 0 unspecified atom stereocenters. The van der Waals surface area contributed by atoms with Gasteiger partial charge in [-0.05, 0) is 32.6 Å². The molecular weight excluding hydrogens is 255 g/mol. The summed E-state index contributed by atoms with van der Waals surface area (Å²) in [5.41, 5.74) is 0. The molecule has 20 heavy (non-hydrogen) atoms. The molecule has 0 bridgehead atoms. The number of hydrogen-bond donors (Lipinski definition) is 0. The molecule has 0 aromatic heterocycles. The van der Waals surface area contributed by atoms with E-state index in [1.165, 1.54) is 19.3 Å². The molecule has 0 spiro atoms. The van der Waals surface area contributed by atoms with Gasteiger partial charge in [0.1, 0.15) is 0 Å². The fraction of sp³-hybridized carbons (Fsp3) is 0.588. The van der Waals surface area contributed by atoms with Gasteiger partial charge in [0.15, 0.2) is 0 Å². The molecule has 0 amide bonds. The van der Waals surface area contributed by atoms with Crippen LogP contribution in [0.15, 0.2) is 36.7 Å². The number of carbonyl (C=O) groups is 1. The van der Waals surface area contributed by atoms with Gasteiger partial charge in [0, 0.05) is 0 Å². The van der Waals surface area contributed by atoms with E-state index in [0.717, 1.165) is 32.1 Å². The Morgan fingerprint density at radius 2 is 1.70 bits per heavy atom. The highest BCUT2D eigenvalue weighted by Gasteiger charge is 2.05. The maximum absolute atomic E-state index is 12.3. The Labute approximate surface area is 122 Å². The summed E-state index contributed by atoms with van der Waals surface area (Å²) in [6.07, 6.45) is 17.4. The van der Waals surface area contributed by atoms with Crippen molar-refractivity contribution in [2.75, 3.05) is 6.61 Å². The lowest BCUT2D eigenvalue weighted by atomic mass is 10.1. The summed E-state index contributed by atoms with van der Waals surface area (Å²) in [6, 6.07) is 0. The van der Waals surface area contributed by atoms with E-state index in [9.17, 15) is 9.18 Å². The van der Waals surface area contributed by atoms with Crippen LogP contribution in [0.2, 0.25) is 0 Å². The Morgan fingerprint density at radius 3 is 2.35 bits per heavy atom. The van der Waals surface area contributed by atoms with Crippen molar-refractivity contribution in [3.63, 3.8) is 0 Å². The van der Waals surface area contributed by atoms with Crippen molar-refractivity contribution in [2.24, 2.45) is 0 Å². The second-order valence-electron chi connectivity index (χ2n) is 4.73. The number of esters is 1. The fourth-order valence-electron chi connectivity index (χ4n) is 1.74. The summed E-state index contributed by atoms with van der Waals surface area (Å²) in [4.78, 5) is 10.7.